The van der Waals surface area contributed by atoms with E-state index >= 15 is 0 Å². The molecule has 1 aromatic heterocycles. The third-order valence-corrected chi connectivity index (χ3v) is 4.17. The van der Waals surface area contributed by atoms with E-state index in [4.69, 9.17) is 23.2 Å². The van der Waals surface area contributed by atoms with Crippen LogP contribution < -0.4 is 0 Å². The van der Waals surface area contributed by atoms with Gasteiger partial charge >= 0.3 is 0 Å². The van der Waals surface area contributed by atoms with Gasteiger partial charge in [0.2, 0.25) is 0 Å². The van der Waals surface area contributed by atoms with Crippen LogP contribution in [0.15, 0.2) is 60.8 Å². The molecule has 22 heavy (non-hydrogen) atoms. The van der Waals surface area contributed by atoms with Crippen LogP contribution in [0.1, 0.15) is 5.56 Å². The van der Waals surface area contributed by atoms with Crippen molar-refractivity contribution in [1.29, 1.82) is 0 Å². The standard InChI is InChI=1S/C18H13Cl2NO/c19-16-7-3-1-5-13(16)12-9-10-21-18(15(12)11-22)14-6-2-4-8-17(14)20/h1-10,22H,11H2. The fraction of sp³-hybridized carbons (Fsp3) is 0.0556. The van der Waals surface area contributed by atoms with E-state index in [1.54, 1.807) is 6.20 Å². The van der Waals surface area contributed by atoms with Crippen LogP contribution in [-0.2, 0) is 6.61 Å². The number of pyridine rings is 1. The van der Waals surface area contributed by atoms with Gasteiger partial charge in [-0.2, -0.15) is 0 Å². The smallest absolute Gasteiger partial charge is 0.0778 e. The zero-order valence-electron chi connectivity index (χ0n) is 11.6. The van der Waals surface area contributed by atoms with Crippen molar-refractivity contribution in [3.8, 4) is 22.4 Å². The number of nitrogens with zero attached hydrogens (tertiary/aromatic N) is 1. The molecule has 0 unspecified atom stereocenters. The first-order chi connectivity index (χ1) is 10.7. The largest absolute Gasteiger partial charge is 0.392 e. The number of hydrogen-bond donors (Lipinski definition) is 1. The second-order valence-electron chi connectivity index (χ2n) is 4.80. The van der Waals surface area contributed by atoms with Gasteiger partial charge in [0.1, 0.15) is 0 Å². The van der Waals surface area contributed by atoms with Crippen molar-refractivity contribution >= 4 is 23.2 Å². The Bertz CT molecular complexity index is 754. The van der Waals surface area contributed by atoms with Gasteiger partial charge in [0, 0.05) is 32.9 Å². The molecule has 2 nitrogen and oxygen atoms in total. The highest BCUT2D eigenvalue weighted by molar-refractivity contribution is 6.34. The summed E-state index contributed by atoms with van der Waals surface area (Å²) in [6.45, 7) is -0.144. The minimum atomic E-state index is -0.144. The molecule has 0 spiro atoms. The van der Waals surface area contributed by atoms with Gasteiger partial charge < -0.3 is 5.11 Å². The molecule has 1 N–H and O–H groups in total. The Morgan fingerprint density at radius 3 is 1.95 bits per heavy atom. The van der Waals surface area contributed by atoms with E-state index in [0.29, 0.717) is 21.3 Å². The Balaban J connectivity index is 2.25. The minimum Gasteiger partial charge on any atom is -0.392 e. The third-order valence-electron chi connectivity index (χ3n) is 3.51. The fourth-order valence-corrected chi connectivity index (χ4v) is 2.93. The van der Waals surface area contributed by atoms with Crippen LogP contribution in [0.2, 0.25) is 10.0 Å². The maximum Gasteiger partial charge on any atom is 0.0778 e. The van der Waals surface area contributed by atoms with Gasteiger partial charge in [0.25, 0.3) is 0 Å². The third kappa shape index (κ3) is 2.73. The molecule has 4 heteroatoms. The molecule has 0 atom stereocenters. The van der Waals surface area contributed by atoms with Crippen molar-refractivity contribution in [1.82, 2.24) is 4.98 Å². The molecule has 0 amide bonds. The second kappa shape index (κ2) is 6.49. The van der Waals surface area contributed by atoms with Gasteiger partial charge in [-0.25, -0.2) is 0 Å². The molecule has 0 saturated carbocycles. The zero-order chi connectivity index (χ0) is 15.5. The van der Waals surface area contributed by atoms with Crippen LogP contribution in [0, 0.1) is 0 Å². The Hall–Kier alpha value is -1.87. The number of rotatable bonds is 3. The lowest BCUT2D eigenvalue weighted by atomic mass is 9.96. The molecule has 0 aliphatic rings. The summed E-state index contributed by atoms with van der Waals surface area (Å²) in [5.41, 5.74) is 3.90. The summed E-state index contributed by atoms with van der Waals surface area (Å²) in [4.78, 5) is 4.41. The molecule has 1 heterocycles. The maximum absolute atomic E-state index is 9.88. The van der Waals surface area contributed by atoms with E-state index in [-0.39, 0.29) is 6.61 Å². The molecule has 0 saturated heterocycles. The maximum atomic E-state index is 9.88. The van der Waals surface area contributed by atoms with E-state index in [1.165, 1.54) is 0 Å². The highest BCUT2D eigenvalue weighted by Gasteiger charge is 2.15. The summed E-state index contributed by atoms with van der Waals surface area (Å²) in [5, 5.41) is 11.1. The van der Waals surface area contributed by atoms with Crippen LogP contribution in [0.25, 0.3) is 22.4 Å². The fourth-order valence-electron chi connectivity index (χ4n) is 2.47. The first-order valence-corrected chi connectivity index (χ1v) is 7.56. The quantitative estimate of drug-likeness (QED) is 0.715. The Labute approximate surface area is 139 Å². The highest BCUT2D eigenvalue weighted by Crippen LogP contribution is 2.36. The van der Waals surface area contributed by atoms with Gasteiger partial charge in [-0.15, -0.1) is 0 Å². The summed E-state index contributed by atoms with van der Waals surface area (Å²) in [5.74, 6) is 0. The molecule has 0 radical (unpaired) electrons. The highest BCUT2D eigenvalue weighted by atomic mass is 35.5. The molecule has 2 aromatic carbocycles. The van der Waals surface area contributed by atoms with Crippen LogP contribution >= 0.6 is 23.2 Å². The zero-order valence-corrected chi connectivity index (χ0v) is 13.1. The predicted octanol–water partition coefficient (Wildman–Crippen LogP) is 5.21. The Morgan fingerprint density at radius 2 is 1.36 bits per heavy atom. The van der Waals surface area contributed by atoms with E-state index < -0.39 is 0 Å². The molecule has 110 valence electrons. The number of aromatic nitrogens is 1. The predicted molar refractivity (Wildman–Crippen MR) is 91.1 cm³/mol. The topological polar surface area (TPSA) is 33.1 Å². The van der Waals surface area contributed by atoms with Crippen molar-refractivity contribution in [2.24, 2.45) is 0 Å². The number of aliphatic hydroxyl groups is 1. The summed E-state index contributed by atoms with van der Waals surface area (Å²) < 4.78 is 0. The van der Waals surface area contributed by atoms with Gasteiger partial charge in [0.05, 0.1) is 12.3 Å². The molecule has 3 aromatic rings. The van der Waals surface area contributed by atoms with Crippen molar-refractivity contribution in [3.63, 3.8) is 0 Å². The van der Waals surface area contributed by atoms with E-state index in [9.17, 15) is 5.11 Å². The molecule has 0 fully saturated rings. The molecular formula is C18H13Cl2NO. The van der Waals surface area contributed by atoms with Crippen LogP contribution in [-0.4, -0.2) is 10.1 Å². The monoisotopic (exact) mass is 329 g/mol. The van der Waals surface area contributed by atoms with Crippen molar-refractivity contribution < 1.29 is 5.11 Å². The van der Waals surface area contributed by atoms with Gasteiger partial charge in [-0.05, 0) is 23.8 Å². The van der Waals surface area contributed by atoms with Gasteiger partial charge in [-0.3, -0.25) is 4.98 Å². The number of halogens is 2. The van der Waals surface area contributed by atoms with Crippen molar-refractivity contribution in [2.45, 2.75) is 6.61 Å². The van der Waals surface area contributed by atoms with Crippen molar-refractivity contribution in [2.75, 3.05) is 0 Å². The van der Waals surface area contributed by atoms with Crippen LogP contribution in [0.4, 0.5) is 0 Å². The molecule has 3 rings (SSSR count). The first-order valence-electron chi connectivity index (χ1n) is 6.81. The molecular weight excluding hydrogens is 317 g/mol. The summed E-state index contributed by atoms with van der Waals surface area (Å²) in [6, 6.07) is 16.9. The van der Waals surface area contributed by atoms with Crippen molar-refractivity contribution in [3.05, 3.63) is 76.4 Å². The Morgan fingerprint density at radius 1 is 0.773 bits per heavy atom. The lowest BCUT2D eigenvalue weighted by Gasteiger charge is -2.14. The Kier molecular flexibility index (Phi) is 4.44. The van der Waals surface area contributed by atoms with Crippen LogP contribution in [0.3, 0.4) is 0 Å². The normalized spacial score (nSPS) is 10.7. The summed E-state index contributed by atoms with van der Waals surface area (Å²) >= 11 is 12.6. The summed E-state index contributed by atoms with van der Waals surface area (Å²) in [7, 11) is 0. The first kappa shape index (κ1) is 15.0. The molecule has 0 bridgehead atoms. The summed E-state index contributed by atoms with van der Waals surface area (Å²) in [6.07, 6.45) is 1.70. The van der Waals surface area contributed by atoms with E-state index in [0.717, 1.165) is 16.7 Å². The number of hydrogen-bond acceptors (Lipinski definition) is 2. The average molecular weight is 330 g/mol. The van der Waals surface area contributed by atoms with E-state index in [1.807, 2.05) is 54.6 Å². The average Bonchev–Trinajstić information content (AvgIpc) is 2.55. The SMILES string of the molecule is OCc1c(-c2ccccc2Cl)ccnc1-c1ccccc1Cl. The van der Waals surface area contributed by atoms with Gasteiger partial charge in [0.15, 0.2) is 0 Å². The van der Waals surface area contributed by atoms with Crippen LogP contribution in [0.5, 0.6) is 0 Å². The second-order valence-corrected chi connectivity index (χ2v) is 5.62. The lowest BCUT2D eigenvalue weighted by Crippen LogP contribution is -1.97. The number of benzene rings is 2. The van der Waals surface area contributed by atoms with E-state index in [2.05, 4.69) is 4.98 Å². The lowest BCUT2D eigenvalue weighted by molar-refractivity contribution is 0.282. The number of aliphatic hydroxyl groups excluding tert-OH is 1. The van der Waals surface area contributed by atoms with Gasteiger partial charge in [-0.1, -0.05) is 59.6 Å². The molecule has 0 aliphatic carbocycles. The minimum absolute atomic E-state index is 0.144. The molecule has 0 aliphatic heterocycles.